The maximum absolute atomic E-state index is 12.3. The number of aliphatic carboxylic acids is 1. The van der Waals surface area contributed by atoms with Gasteiger partial charge in [-0.05, 0) is 13.3 Å². The van der Waals surface area contributed by atoms with Crippen molar-refractivity contribution in [2.45, 2.75) is 50.4 Å². The van der Waals surface area contributed by atoms with Crippen LogP contribution in [0, 0.1) is 0 Å². The Hall–Kier alpha value is -2.87. The number of carbonyl (C=O) groups excluding carboxylic acids is 5. The van der Waals surface area contributed by atoms with Crippen molar-refractivity contribution in [3.05, 3.63) is 0 Å². The lowest BCUT2D eigenvalue weighted by Gasteiger charge is -2.23. The molecule has 14 heteroatoms. The zero-order valence-electron chi connectivity index (χ0n) is 15.7. The zero-order chi connectivity index (χ0) is 22.7. The molecule has 0 aromatic carbocycles. The maximum atomic E-state index is 12.3. The average Bonchev–Trinajstić information content (AvgIpc) is 2.61. The number of rotatable bonds is 13. The first kappa shape index (κ1) is 26.1. The monoisotopic (exact) mass is 434 g/mol. The Kier molecular flexibility index (Phi) is 11.3. The van der Waals surface area contributed by atoms with E-state index in [1.165, 1.54) is 6.92 Å². The van der Waals surface area contributed by atoms with Gasteiger partial charge in [0.1, 0.15) is 18.1 Å². The minimum Gasteiger partial charge on any atom is -0.480 e. The van der Waals surface area contributed by atoms with E-state index in [1.54, 1.807) is 0 Å². The van der Waals surface area contributed by atoms with Crippen LogP contribution in [0.4, 0.5) is 0 Å². The number of hydrogen-bond acceptors (Lipinski definition) is 8. The summed E-state index contributed by atoms with van der Waals surface area (Å²) < 4.78 is 0. The fourth-order valence-corrected chi connectivity index (χ4v) is 2.25. The van der Waals surface area contributed by atoms with Gasteiger partial charge in [-0.1, -0.05) is 0 Å². The number of hydrogen-bond donors (Lipinski definition) is 8. The fourth-order valence-electron chi connectivity index (χ4n) is 2.01. The van der Waals surface area contributed by atoms with Crippen molar-refractivity contribution < 1.29 is 33.9 Å². The molecule has 0 bridgehead atoms. The third-order valence-electron chi connectivity index (χ3n) is 3.62. The molecule has 0 saturated heterocycles. The van der Waals surface area contributed by atoms with Crippen LogP contribution in [0.5, 0.6) is 0 Å². The topological polar surface area (TPSA) is 237 Å². The van der Waals surface area contributed by atoms with Gasteiger partial charge in [0.15, 0.2) is 0 Å². The summed E-state index contributed by atoms with van der Waals surface area (Å²) in [4.78, 5) is 69.3. The number of amides is 5. The minimum atomic E-state index is -1.34. The molecule has 4 unspecified atom stereocenters. The van der Waals surface area contributed by atoms with Crippen LogP contribution in [0.15, 0.2) is 0 Å². The summed E-state index contributed by atoms with van der Waals surface area (Å²) >= 11 is 3.82. The van der Waals surface area contributed by atoms with Crippen molar-refractivity contribution in [1.29, 1.82) is 0 Å². The fraction of sp³-hybridized carbons (Fsp3) is 0.600. The lowest BCUT2D eigenvalue weighted by molar-refractivity contribution is -0.141. The van der Waals surface area contributed by atoms with E-state index in [0.29, 0.717) is 0 Å². The maximum Gasteiger partial charge on any atom is 0.327 e. The third-order valence-corrected chi connectivity index (χ3v) is 3.98. The summed E-state index contributed by atoms with van der Waals surface area (Å²) in [6.45, 7) is 1.29. The van der Waals surface area contributed by atoms with E-state index in [0.717, 1.165) is 0 Å². The van der Waals surface area contributed by atoms with Gasteiger partial charge in [-0.15, -0.1) is 0 Å². The van der Waals surface area contributed by atoms with Crippen LogP contribution < -0.4 is 33.2 Å². The van der Waals surface area contributed by atoms with Crippen molar-refractivity contribution in [2.24, 2.45) is 17.2 Å². The van der Waals surface area contributed by atoms with Crippen LogP contribution in [0.3, 0.4) is 0 Å². The van der Waals surface area contributed by atoms with Crippen LogP contribution in [0.2, 0.25) is 0 Å². The molecule has 10 N–H and O–H groups in total. The van der Waals surface area contributed by atoms with Gasteiger partial charge >= 0.3 is 5.97 Å². The number of nitrogens with one attached hydrogen (secondary N) is 3. The Balaban J connectivity index is 5.07. The molecule has 0 saturated carbocycles. The molecule has 0 radical (unpaired) electrons. The predicted octanol–water partition coefficient (Wildman–Crippen LogP) is -4.06. The number of carboxylic acids is 1. The Morgan fingerprint density at radius 1 is 0.897 bits per heavy atom. The van der Waals surface area contributed by atoms with E-state index in [4.69, 9.17) is 22.3 Å². The summed E-state index contributed by atoms with van der Waals surface area (Å²) in [5.74, 6) is -5.58. The highest BCUT2D eigenvalue weighted by molar-refractivity contribution is 7.80. The predicted molar refractivity (Wildman–Crippen MR) is 103 cm³/mol. The van der Waals surface area contributed by atoms with Crippen LogP contribution >= 0.6 is 12.6 Å². The van der Waals surface area contributed by atoms with E-state index >= 15 is 0 Å². The SMILES string of the molecule is CC(NC(=O)C(N)CC(N)=O)C(=O)NC(CCC(N)=O)C(=O)NC(CS)C(=O)O. The highest BCUT2D eigenvalue weighted by Gasteiger charge is 2.28. The second-order valence-corrected chi connectivity index (χ2v) is 6.52. The van der Waals surface area contributed by atoms with Crippen molar-refractivity contribution in [1.82, 2.24) is 16.0 Å². The lowest BCUT2D eigenvalue weighted by atomic mass is 10.1. The van der Waals surface area contributed by atoms with Gasteiger partial charge in [0.25, 0.3) is 0 Å². The van der Waals surface area contributed by atoms with E-state index in [1.807, 2.05) is 0 Å². The summed E-state index contributed by atoms with van der Waals surface area (Å²) in [5.41, 5.74) is 15.5. The first-order valence-corrected chi connectivity index (χ1v) is 9.09. The summed E-state index contributed by atoms with van der Waals surface area (Å²) in [7, 11) is 0. The van der Waals surface area contributed by atoms with Gasteiger partial charge in [0, 0.05) is 12.2 Å². The number of carboxylic acid groups (broad SMARTS) is 1. The molecule has 0 aliphatic rings. The molecular weight excluding hydrogens is 408 g/mol. The molecule has 0 heterocycles. The van der Waals surface area contributed by atoms with Crippen molar-refractivity contribution in [3.63, 3.8) is 0 Å². The molecule has 164 valence electrons. The van der Waals surface area contributed by atoms with Crippen LogP contribution in [0.25, 0.3) is 0 Å². The van der Waals surface area contributed by atoms with Gasteiger partial charge in [-0.2, -0.15) is 12.6 Å². The Labute approximate surface area is 171 Å². The molecule has 0 aliphatic heterocycles. The highest BCUT2D eigenvalue weighted by atomic mass is 32.1. The zero-order valence-corrected chi connectivity index (χ0v) is 16.6. The Morgan fingerprint density at radius 2 is 1.45 bits per heavy atom. The van der Waals surface area contributed by atoms with Gasteiger partial charge in [-0.25, -0.2) is 4.79 Å². The molecule has 0 aromatic heterocycles. The Bertz CT molecular complexity index is 659. The largest absolute Gasteiger partial charge is 0.480 e. The average molecular weight is 434 g/mol. The standard InChI is InChI=1S/C15H26N6O7S/c1-6(19-13(25)7(16)4-11(18)23)12(24)20-8(2-3-10(17)22)14(26)21-9(5-29)15(27)28/h6-9,29H,2-5,16H2,1H3,(H2,17,22)(H2,18,23)(H,19,25)(H,20,24)(H,21,26)(H,27,28). The first-order chi connectivity index (χ1) is 13.4. The van der Waals surface area contributed by atoms with E-state index < -0.39 is 66.1 Å². The lowest BCUT2D eigenvalue weighted by Crippen LogP contribution is -2.56. The quantitative estimate of drug-likeness (QED) is 0.132. The molecule has 0 aliphatic carbocycles. The second kappa shape index (κ2) is 12.6. The van der Waals surface area contributed by atoms with Gasteiger partial charge in [-0.3, -0.25) is 24.0 Å². The summed E-state index contributed by atoms with van der Waals surface area (Å²) in [6.07, 6.45) is -0.890. The second-order valence-electron chi connectivity index (χ2n) is 6.16. The van der Waals surface area contributed by atoms with Crippen molar-refractivity contribution in [2.75, 3.05) is 5.75 Å². The van der Waals surface area contributed by atoms with E-state index in [-0.39, 0.29) is 18.6 Å². The number of nitrogens with two attached hydrogens (primary N) is 3. The smallest absolute Gasteiger partial charge is 0.327 e. The number of primary amides is 2. The molecule has 0 rings (SSSR count). The molecular formula is C15H26N6O7S. The summed E-state index contributed by atoms with van der Waals surface area (Å²) in [6, 6.07) is -5.04. The molecule has 4 atom stereocenters. The van der Waals surface area contributed by atoms with Gasteiger partial charge in [0.2, 0.25) is 29.5 Å². The van der Waals surface area contributed by atoms with Crippen LogP contribution in [-0.2, 0) is 28.8 Å². The number of thiol groups is 1. The molecule has 0 fully saturated rings. The van der Waals surface area contributed by atoms with Crippen molar-refractivity contribution in [3.8, 4) is 0 Å². The van der Waals surface area contributed by atoms with Gasteiger partial charge < -0.3 is 38.3 Å². The molecule has 0 spiro atoms. The molecule has 0 aromatic rings. The molecule has 29 heavy (non-hydrogen) atoms. The molecule has 5 amide bonds. The van der Waals surface area contributed by atoms with Gasteiger partial charge in [0.05, 0.1) is 12.5 Å². The van der Waals surface area contributed by atoms with Crippen molar-refractivity contribution >= 4 is 48.1 Å². The minimum absolute atomic E-state index is 0.201. The summed E-state index contributed by atoms with van der Waals surface area (Å²) in [5, 5.41) is 15.7. The molecule has 13 nitrogen and oxygen atoms in total. The van der Waals surface area contributed by atoms with Crippen LogP contribution in [0.1, 0.15) is 26.2 Å². The van der Waals surface area contributed by atoms with Crippen LogP contribution in [-0.4, -0.2) is 70.5 Å². The highest BCUT2D eigenvalue weighted by Crippen LogP contribution is 2.01. The normalized spacial score (nSPS) is 14.6. The van der Waals surface area contributed by atoms with E-state index in [9.17, 15) is 28.8 Å². The Morgan fingerprint density at radius 3 is 1.90 bits per heavy atom. The third kappa shape index (κ3) is 10.3. The first-order valence-electron chi connectivity index (χ1n) is 8.46. The number of carbonyl (C=O) groups is 6. The van der Waals surface area contributed by atoms with E-state index in [2.05, 4.69) is 28.6 Å².